The Bertz CT molecular complexity index is 1070. The Morgan fingerprint density at radius 1 is 0.750 bits per heavy atom. The van der Waals surface area contributed by atoms with E-state index in [4.69, 9.17) is 0 Å². The van der Waals surface area contributed by atoms with Gasteiger partial charge in [-0.05, 0) is 29.5 Å². The van der Waals surface area contributed by atoms with Gasteiger partial charge in [-0.2, -0.15) is 8.78 Å². The molecule has 0 fully saturated rings. The molecule has 8 heteroatoms. The topological polar surface area (TPSA) is 9.23 Å². The van der Waals surface area contributed by atoms with Gasteiger partial charge in [0.25, 0.3) is 0 Å². The van der Waals surface area contributed by atoms with Crippen molar-refractivity contribution in [3.8, 4) is 16.9 Å². The number of rotatable bonds is 8. The summed E-state index contributed by atoms with van der Waals surface area (Å²) in [6.45, 7) is 1.86. The Labute approximate surface area is 180 Å². The van der Waals surface area contributed by atoms with E-state index >= 15 is 0 Å². The van der Waals surface area contributed by atoms with Crippen molar-refractivity contribution < 1.29 is 35.5 Å². The molecule has 0 amide bonds. The van der Waals surface area contributed by atoms with Gasteiger partial charge in [0.05, 0.1) is 6.42 Å². The smallest absolute Gasteiger partial charge is 0.398 e. The molecule has 0 unspecified atom stereocenters. The van der Waals surface area contributed by atoms with Crippen molar-refractivity contribution in [2.75, 3.05) is 0 Å². The summed E-state index contributed by atoms with van der Waals surface area (Å²) in [5, 5.41) is 0. The summed E-state index contributed by atoms with van der Waals surface area (Å²) >= 11 is 0. The summed E-state index contributed by atoms with van der Waals surface area (Å²) in [4.78, 5) is 0. The molecular formula is C24H19F7O. The molecule has 0 radical (unpaired) electrons. The van der Waals surface area contributed by atoms with Crippen LogP contribution in [0.25, 0.3) is 11.1 Å². The molecule has 0 bridgehead atoms. The number of hydrogen-bond acceptors (Lipinski definition) is 1. The van der Waals surface area contributed by atoms with Gasteiger partial charge in [0.1, 0.15) is 5.75 Å². The van der Waals surface area contributed by atoms with Gasteiger partial charge in [-0.25, -0.2) is 22.0 Å². The molecule has 3 rings (SSSR count). The van der Waals surface area contributed by atoms with Crippen LogP contribution in [0.3, 0.4) is 0 Å². The first-order valence-electron chi connectivity index (χ1n) is 9.89. The van der Waals surface area contributed by atoms with E-state index in [0.29, 0.717) is 36.1 Å². The lowest BCUT2D eigenvalue weighted by atomic mass is 9.99. The number of benzene rings is 3. The maximum absolute atomic E-state index is 14.4. The molecule has 170 valence electrons. The van der Waals surface area contributed by atoms with Crippen molar-refractivity contribution in [1.82, 2.24) is 0 Å². The number of halogens is 7. The Hall–Kier alpha value is -3.03. The molecule has 0 aliphatic rings. The molecule has 0 atom stereocenters. The summed E-state index contributed by atoms with van der Waals surface area (Å²) in [5.74, 6) is -7.78. The predicted octanol–water partition coefficient (Wildman–Crippen LogP) is 7.61. The maximum Gasteiger partial charge on any atom is 0.398 e. The SMILES string of the molecule is CCCc1ccc(-c2ccc(CCC(F)(F)Oc3cc(F)c(F)c(F)c3)cc2)c(F)c1F. The van der Waals surface area contributed by atoms with Crippen LogP contribution in [0.5, 0.6) is 5.75 Å². The van der Waals surface area contributed by atoms with Gasteiger partial charge >= 0.3 is 6.11 Å². The highest BCUT2D eigenvalue weighted by Crippen LogP contribution is 2.30. The van der Waals surface area contributed by atoms with Crippen LogP contribution in [0.2, 0.25) is 0 Å². The first kappa shape index (κ1) is 23.6. The zero-order chi connectivity index (χ0) is 23.5. The number of ether oxygens (including phenoxy) is 1. The highest BCUT2D eigenvalue weighted by Gasteiger charge is 2.32. The van der Waals surface area contributed by atoms with Crippen LogP contribution >= 0.6 is 0 Å². The van der Waals surface area contributed by atoms with Gasteiger partial charge in [0.15, 0.2) is 29.1 Å². The summed E-state index contributed by atoms with van der Waals surface area (Å²) in [7, 11) is 0. The largest absolute Gasteiger partial charge is 0.432 e. The van der Waals surface area contributed by atoms with E-state index in [9.17, 15) is 30.7 Å². The van der Waals surface area contributed by atoms with E-state index in [0.717, 1.165) is 0 Å². The number of aryl methyl sites for hydroxylation is 2. The Morgan fingerprint density at radius 3 is 1.97 bits per heavy atom. The lowest BCUT2D eigenvalue weighted by Gasteiger charge is -2.18. The summed E-state index contributed by atoms with van der Waals surface area (Å²) in [6.07, 6.45) is -3.70. The minimum atomic E-state index is -3.78. The van der Waals surface area contributed by atoms with E-state index in [2.05, 4.69) is 4.74 Å². The van der Waals surface area contributed by atoms with E-state index in [1.165, 1.54) is 36.4 Å². The standard InChI is InChI=1S/C24H19F7O/c1-2-3-16-8-9-18(22(28)21(16)27)15-6-4-14(5-7-15)10-11-24(30,31)32-17-12-19(25)23(29)20(26)13-17/h4-9,12-13H,2-3,10-11H2,1H3. The minimum Gasteiger partial charge on any atom is -0.432 e. The highest BCUT2D eigenvalue weighted by atomic mass is 19.3. The van der Waals surface area contributed by atoms with Crippen LogP contribution in [0.1, 0.15) is 30.9 Å². The second-order valence-corrected chi connectivity index (χ2v) is 7.29. The fraction of sp³-hybridized carbons (Fsp3) is 0.250. The number of alkyl halides is 2. The molecule has 0 aromatic heterocycles. The monoisotopic (exact) mass is 456 g/mol. The Balaban J connectivity index is 1.68. The van der Waals surface area contributed by atoms with Crippen molar-refractivity contribution in [1.29, 1.82) is 0 Å². The fourth-order valence-electron chi connectivity index (χ4n) is 3.23. The van der Waals surface area contributed by atoms with E-state index < -0.39 is 47.4 Å². The van der Waals surface area contributed by atoms with Gasteiger partial charge in [-0.15, -0.1) is 0 Å². The third-order valence-corrected chi connectivity index (χ3v) is 4.88. The maximum atomic E-state index is 14.4. The Kier molecular flexibility index (Phi) is 7.11. The molecule has 0 aliphatic heterocycles. The Morgan fingerprint density at radius 2 is 1.38 bits per heavy atom. The molecule has 3 aromatic carbocycles. The van der Waals surface area contributed by atoms with Crippen LogP contribution in [0.15, 0.2) is 48.5 Å². The van der Waals surface area contributed by atoms with Crippen LogP contribution in [-0.2, 0) is 12.8 Å². The van der Waals surface area contributed by atoms with Gasteiger partial charge < -0.3 is 4.74 Å². The molecule has 0 heterocycles. The van der Waals surface area contributed by atoms with Crippen molar-refractivity contribution in [2.45, 2.75) is 38.7 Å². The first-order chi connectivity index (χ1) is 15.1. The van der Waals surface area contributed by atoms with Crippen molar-refractivity contribution >= 4 is 0 Å². The summed E-state index contributed by atoms with van der Waals surface area (Å²) in [6, 6.07) is 9.60. The van der Waals surface area contributed by atoms with Crippen LogP contribution in [0.4, 0.5) is 30.7 Å². The zero-order valence-electron chi connectivity index (χ0n) is 17.0. The van der Waals surface area contributed by atoms with E-state index in [1.807, 2.05) is 6.92 Å². The predicted molar refractivity (Wildman–Crippen MR) is 106 cm³/mol. The van der Waals surface area contributed by atoms with E-state index in [-0.39, 0.29) is 17.5 Å². The lowest BCUT2D eigenvalue weighted by molar-refractivity contribution is -0.180. The average Bonchev–Trinajstić information content (AvgIpc) is 2.74. The molecular weight excluding hydrogens is 437 g/mol. The minimum absolute atomic E-state index is 0.0583. The second-order valence-electron chi connectivity index (χ2n) is 7.29. The fourth-order valence-corrected chi connectivity index (χ4v) is 3.23. The van der Waals surface area contributed by atoms with Gasteiger partial charge in [-0.3, -0.25) is 0 Å². The van der Waals surface area contributed by atoms with Crippen LogP contribution in [0, 0.1) is 29.1 Å². The van der Waals surface area contributed by atoms with Gasteiger partial charge in [-0.1, -0.05) is 49.7 Å². The molecule has 0 saturated carbocycles. The molecule has 1 nitrogen and oxygen atoms in total. The molecule has 0 aliphatic carbocycles. The molecule has 3 aromatic rings. The lowest BCUT2D eigenvalue weighted by Crippen LogP contribution is -2.25. The molecule has 0 spiro atoms. The van der Waals surface area contributed by atoms with Gasteiger partial charge in [0.2, 0.25) is 0 Å². The third kappa shape index (κ3) is 5.41. The first-order valence-corrected chi connectivity index (χ1v) is 9.89. The zero-order valence-corrected chi connectivity index (χ0v) is 17.0. The van der Waals surface area contributed by atoms with E-state index in [1.54, 1.807) is 0 Å². The molecule has 0 saturated heterocycles. The summed E-state index contributed by atoms with van der Waals surface area (Å²) < 4.78 is 100. The van der Waals surface area contributed by atoms with Crippen LogP contribution < -0.4 is 4.74 Å². The van der Waals surface area contributed by atoms with Crippen molar-refractivity contribution in [3.05, 3.63) is 88.7 Å². The van der Waals surface area contributed by atoms with Crippen LogP contribution in [-0.4, -0.2) is 6.11 Å². The van der Waals surface area contributed by atoms with Crippen molar-refractivity contribution in [2.24, 2.45) is 0 Å². The van der Waals surface area contributed by atoms with Crippen molar-refractivity contribution in [3.63, 3.8) is 0 Å². The molecule has 0 N–H and O–H groups in total. The quantitative estimate of drug-likeness (QED) is 0.250. The number of hydrogen-bond donors (Lipinski definition) is 0. The summed E-state index contributed by atoms with van der Waals surface area (Å²) in [5.41, 5.74) is 1.18. The van der Waals surface area contributed by atoms with Gasteiger partial charge in [0, 0.05) is 17.7 Å². The third-order valence-electron chi connectivity index (χ3n) is 4.88. The second kappa shape index (κ2) is 9.63. The molecule has 32 heavy (non-hydrogen) atoms. The highest BCUT2D eigenvalue weighted by molar-refractivity contribution is 5.65. The average molecular weight is 456 g/mol. The normalized spacial score (nSPS) is 11.6.